The van der Waals surface area contributed by atoms with Crippen LogP contribution in [-0.4, -0.2) is 31.1 Å². The Hall–Kier alpha value is -2.04. The van der Waals surface area contributed by atoms with Gasteiger partial charge in [-0.2, -0.15) is 0 Å². The van der Waals surface area contributed by atoms with E-state index in [1.54, 1.807) is 32.2 Å². The molecule has 2 rings (SSSR count). The maximum atomic E-state index is 12.1. The number of anilines is 1. The number of hydrogen-bond acceptors (Lipinski definition) is 4. The van der Waals surface area contributed by atoms with E-state index in [1.165, 1.54) is 0 Å². The van der Waals surface area contributed by atoms with Crippen LogP contribution >= 0.6 is 0 Å². The van der Waals surface area contributed by atoms with E-state index in [-0.39, 0.29) is 11.9 Å². The molecule has 0 radical (unpaired) electrons. The van der Waals surface area contributed by atoms with Gasteiger partial charge in [-0.15, -0.1) is 0 Å². The zero-order valence-electron chi connectivity index (χ0n) is 12.5. The van der Waals surface area contributed by atoms with Gasteiger partial charge in [0.05, 0.1) is 5.56 Å². The second-order valence-electron chi connectivity index (χ2n) is 5.33. The van der Waals surface area contributed by atoms with E-state index in [9.17, 15) is 9.59 Å². The van der Waals surface area contributed by atoms with Crippen molar-refractivity contribution in [1.29, 1.82) is 0 Å². The van der Waals surface area contributed by atoms with Crippen LogP contribution in [-0.2, 0) is 9.53 Å². The molecule has 1 aliphatic rings. The van der Waals surface area contributed by atoms with Gasteiger partial charge in [-0.1, -0.05) is 25.0 Å². The van der Waals surface area contributed by atoms with Crippen molar-refractivity contribution < 1.29 is 14.3 Å². The minimum atomic E-state index is -0.789. The first-order chi connectivity index (χ1) is 10.1. The SMILES string of the molecule is CNc1ccccc1C(=O)O[C@@H](C)C(=O)NC1CCCC1. The van der Waals surface area contributed by atoms with E-state index in [0.717, 1.165) is 25.7 Å². The summed E-state index contributed by atoms with van der Waals surface area (Å²) >= 11 is 0. The van der Waals surface area contributed by atoms with E-state index in [2.05, 4.69) is 10.6 Å². The predicted octanol–water partition coefficient (Wildman–Crippen LogP) is 2.33. The maximum Gasteiger partial charge on any atom is 0.341 e. The highest BCUT2D eigenvalue weighted by Crippen LogP contribution is 2.18. The summed E-state index contributed by atoms with van der Waals surface area (Å²) in [5.74, 6) is -0.716. The zero-order chi connectivity index (χ0) is 15.2. The number of benzene rings is 1. The molecule has 5 nitrogen and oxygen atoms in total. The second-order valence-corrected chi connectivity index (χ2v) is 5.33. The summed E-state index contributed by atoms with van der Waals surface area (Å²) in [5.41, 5.74) is 1.12. The van der Waals surface area contributed by atoms with Crippen LogP contribution in [0.2, 0.25) is 0 Å². The van der Waals surface area contributed by atoms with E-state index in [0.29, 0.717) is 11.3 Å². The van der Waals surface area contributed by atoms with Crippen LogP contribution in [0.1, 0.15) is 43.0 Å². The smallest absolute Gasteiger partial charge is 0.341 e. The summed E-state index contributed by atoms with van der Waals surface area (Å²) in [6, 6.07) is 7.29. The van der Waals surface area contributed by atoms with E-state index in [1.807, 2.05) is 6.07 Å². The Kier molecular flexibility index (Phi) is 5.20. The minimum absolute atomic E-state index is 0.225. The molecule has 1 atom stereocenters. The largest absolute Gasteiger partial charge is 0.449 e. The van der Waals surface area contributed by atoms with Gasteiger partial charge < -0.3 is 15.4 Å². The third-order valence-corrected chi connectivity index (χ3v) is 3.77. The lowest BCUT2D eigenvalue weighted by molar-refractivity contribution is -0.129. The average Bonchev–Trinajstić information content (AvgIpc) is 2.99. The summed E-state index contributed by atoms with van der Waals surface area (Å²) in [5, 5.41) is 5.87. The first-order valence-corrected chi connectivity index (χ1v) is 7.40. The monoisotopic (exact) mass is 290 g/mol. The molecule has 0 bridgehead atoms. The fourth-order valence-electron chi connectivity index (χ4n) is 2.55. The summed E-state index contributed by atoms with van der Waals surface area (Å²) in [6.45, 7) is 1.60. The van der Waals surface area contributed by atoms with Crippen LogP contribution in [0, 0.1) is 0 Å². The van der Waals surface area contributed by atoms with Crippen LogP contribution in [0.15, 0.2) is 24.3 Å². The Morgan fingerprint density at radius 2 is 1.90 bits per heavy atom. The topological polar surface area (TPSA) is 67.4 Å². The number of carbonyl (C=O) groups excluding carboxylic acids is 2. The summed E-state index contributed by atoms with van der Waals surface area (Å²) in [6.07, 6.45) is 3.52. The molecule has 0 unspecified atom stereocenters. The molecule has 1 amide bonds. The van der Waals surface area contributed by atoms with Crippen LogP contribution < -0.4 is 10.6 Å². The average molecular weight is 290 g/mol. The van der Waals surface area contributed by atoms with Crippen molar-refractivity contribution in [3.8, 4) is 0 Å². The van der Waals surface area contributed by atoms with Gasteiger partial charge in [-0.3, -0.25) is 4.79 Å². The lowest BCUT2D eigenvalue weighted by Crippen LogP contribution is -2.40. The van der Waals surface area contributed by atoms with Gasteiger partial charge in [-0.05, 0) is 31.9 Å². The lowest BCUT2D eigenvalue weighted by atomic mass is 10.2. The van der Waals surface area contributed by atoms with Gasteiger partial charge in [0.15, 0.2) is 6.10 Å². The number of nitrogens with one attached hydrogen (secondary N) is 2. The Morgan fingerprint density at radius 3 is 2.57 bits per heavy atom. The van der Waals surface area contributed by atoms with Crippen LogP contribution in [0.3, 0.4) is 0 Å². The van der Waals surface area contributed by atoms with Crippen molar-refractivity contribution >= 4 is 17.6 Å². The Labute approximate surface area is 125 Å². The number of ether oxygens (including phenoxy) is 1. The predicted molar refractivity (Wildman–Crippen MR) is 81.3 cm³/mol. The quantitative estimate of drug-likeness (QED) is 0.817. The Bertz CT molecular complexity index is 510. The van der Waals surface area contributed by atoms with Crippen molar-refractivity contribution in [1.82, 2.24) is 5.32 Å². The molecule has 1 aliphatic carbocycles. The lowest BCUT2D eigenvalue weighted by Gasteiger charge is -2.17. The number of para-hydroxylation sites is 1. The maximum absolute atomic E-state index is 12.1. The molecular formula is C16H22N2O3. The van der Waals surface area contributed by atoms with Gasteiger partial charge in [-0.25, -0.2) is 4.79 Å². The fourth-order valence-corrected chi connectivity index (χ4v) is 2.55. The second kappa shape index (κ2) is 7.11. The first kappa shape index (κ1) is 15.4. The molecule has 2 N–H and O–H groups in total. The summed E-state index contributed by atoms with van der Waals surface area (Å²) in [7, 11) is 1.74. The van der Waals surface area contributed by atoms with Gasteiger partial charge in [0.25, 0.3) is 5.91 Å². The number of esters is 1. The molecule has 0 heterocycles. The van der Waals surface area contributed by atoms with Gasteiger partial charge in [0.1, 0.15) is 0 Å². The number of rotatable bonds is 5. The normalized spacial score (nSPS) is 16.3. The number of hydrogen-bond donors (Lipinski definition) is 2. The van der Waals surface area contributed by atoms with Gasteiger partial charge in [0, 0.05) is 18.8 Å². The molecule has 1 aromatic rings. The zero-order valence-corrected chi connectivity index (χ0v) is 12.5. The van der Waals surface area contributed by atoms with Crippen LogP contribution in [0.25, 0.3) is 0 Å². The molecule has 5 heteroatoms. The molecule has 0 spiro atoms. The number of amides is 1. The highest BCUT2D eigenvalue weighted by atomic mass is 16.5. The summed E-state index contributed by atoms with van der Waals surface area (Å²) < 4.78 is 5.26. The molecule has 0 aliphatic heterocycles. The molecule has 1 saturated carbocycles. The molecule has 114 valence electrons. The van der Waals surface area contributed by atoms with Gasteiger partial charge >= 0.3 is 5.97 Å². The molecule has 1 fully saturated rings. The highest BCUT2D eigenvalue weighted by Gasteiger charge is 2.24. The molecular weight excluding hydrogens is 268 g/mol. The number of carbonyl (C=O) groups is 2. The van der Waals surface area contributed by atoms with Crippen molar-refractivity contribution in [2.24, 2.45) is 0 Å². The first-order valence-electron chi connectivity index (χ1n) is 7.40. The fraction of sp³-hybridized carbons (Fsp3) is 0.500. The standard InChI is InChI=1S/C16H22N2O3/c1-11(15(19)18-12-7-3-4-8-12)21-16(20)13-9-5-6-10-14(13)17-2/h5-6,9-12,17H,3-4,7-8H2,1-2H3,(H,18,19)/t11-/m0/s1. The van der Waals surface area contributed by atoms with Crippen LogP contribution in [0.4, 0.5) is 5.69 Å². The Morgan fingerprint density at radius 1 is 1.24 bits per heavy atom. The van der Waals surface area contributed by atoms with E-state index in [4.69, 9.17) is 4.74 Å². The molecule has 0 aromatic heterocycles. The van der Waals surface area contributed by atoms with Gasteiger partial charge in [0.2, 0.25) is 0 Å². The Balaban J connectivity index is 1.93. The minimum Gasteiger partial charge on any atom is -0.449 e. The molecule has 1 aromatic carbocycles. The van der Waals surface area contributed by atoms with E-state index < -0.39 is 12.1 Å². The van der Waals surface area contributed by atoms with Crippen molar-refractivity contribution in [2.75, 3.05) is 12.4 Å². The molecule has 21 heavy (non-hydrogen) atoms. The van der Waals surface area contributed by atoms with Crippen molar-refractivity contribution in [2.45, 2.75) is 44.8 Å². The molecule has 0 saturated heterocycles. The van der Waals surface area contributed by atoms with Crippen LogP contribution in [0.5, 0.6) is 0 Å². The highest BCUT2D eigenvalue weighted by molar-refractivity contribution is 5.97. The summed E-state index contributed by atoms with van der Waals surface area (Å²) in [4.78, 5) is 24.2. The van der Waals surface area contributed by atoms with Crippen molar-refractivity contribution in [3.05, 3.63) is 29.8 Å². The van der Waals surface area contributed by atoms with E-state index >= 15 is 0 Å². The third-order valence-electron chi connectivity index (χ3n) is 3.77. The van der Waals surface area contributed by atoms with Crippen molar-refractivity contribution in [3.63, 3.8) is 0 Å². The third kappa shape index (κ3) is 3.97.